The Balaban J connectivity index is 1.60. The fourth-order valence-corrected chi connectivity index (χ4v) is 5.11. The lowest BCUT2D eigenvalue weighted by Gasteiger charge is -2.30. The predicted molar refractivity (Wildman–Crippen MR) is 98.5 cm³/mol. The van der Waals surface area contributed by atoms with Crippen LogP contribution in [0.25, 0.3) is 0 Å². The molecule has 2 heterocycles. The van der Waals surface area contributed by atoms with E-state index < -0.39 is 10.0 Å². The summed E-state index contributed by atoms with van der Waals surface area (Å²) in [6, 6.07) is 7.89. The van der Waals surface area contributed by atoms with Gasteiger partial charge in [-0.2, -0.15) is 4.31 Å². The van der Waals surface area contributed by atoms with E-state index in [1.165, 1.54) is 16.4 Å². The molecule has 2 aromatic rings. The topological polar surface area (TPSA) is 79.6 Å². The molecule has 3 rings (SSSR count). The third-order valence-electron chi connectivity index (χ3n) is 4.35. The first-order valence-electron chi connectivity index (χ1n) is 8.13. The van der Waals surface area contributed by atoms with Gasteiger partial charge in [0.25, 0.3) is 0 Å². The molecular weight excluding hydrogens is 399 g/mol. The first-order valence-corrected chi connectivity index (χ1v) is 10.3. The van der Waals surface area contributed by atoms with Crippen LogP contribution in [0.4, 0.5) is 0 Å². The van der Waals surface area contributed by atoms with Gasteiger partial charge in [0.1, 0.15) is 10.7 Å². The minimum atomic E-state index is -3.74. The van der Waals surface area contributed by atoms with Crippen molar-refractivity contribution in [3.05, 3.63) is 52.4 Å². The van der Waals surface area contributed by atoms with Gasteiger partial charge < -0.3 is 9.73 Å². The second kappa shape index (κ2) is 8.00. The quantitative estimate of drug-likeness (QED) is 0.810. The van der Waals surface area contributed by atoms with Crippen molar-refractivity contribution in [2.45, 2.75) is 24.3 Å². The van der Waals surface area contributed by atoms with Crippen LogP contribution in [0.1, 0.15) is 18.6 Å². The molecular formula is C17H18Cl2N2O4S. The molecule has 0 spiro atoms. The number of piperidine rings is 1. The van der Waals surface area contributed by atoms with Crippen LogP contribution < -0.4 is 5.32 Å². The van der Waals surface area contributed by atoms with E-state index in [-0.39, 0.29) is 34.8 Å². The summed E-state index contributed by atoms with van der Waals surface area (Å²) >= 11 is 11.9. The molecule has 1 N–H and O–H groups in total. The van der Waals surface area contributed by atoms with Crippen molar-refractivity contribution in [2.24, 2.45) is 5.92 Å². The lowest BCUT2D eigenvalue weighted by molar-refractivity contribution is -0.126. The van der Waals surface area contributed by atoms with E-state index in [0.717, 1.165) is 0 Å². The van der Waals surface area contributed by atoms with Crippen molar-refractivity contribution in [3.8, 4) is 0 Å². The number of carbonyl (C=O) groups excluding carboxylic acids is 1. The molecule has 1 saturated heterocycles. The first-order chi connectivity index (χ1) is 12.4. The fourth-order valence-electron chi connectivity index (χ4n) is 2.90. The summed E-state index contributed by atoms with van der Waals surface area (Å²) in [4.78, 5) is 12.3. The Hall–Kier alpha value is -1.54. The fraction of sp³-hybridized carbons (Fsp3) is 0.353. The zero-order chi connectivity index (χ0) is 18.7. The van der Waals surface area contributed by atoms with Gasteiger partial charge in [-0.3, -0.25) is 4.79 Å². The lowest BCUT2D eigenvalue weighted by atomic mass is 9.97. The Bertz CT molecular complexity index is 876. The highest BCUT2D eigenvalue weighted by Crippen LogP contribution is 2.30. The van der Waals surface area contributed by atoms with E-state index in [1.807, 2.05) is 0 Å². The molecule has 0 atom stereocenters. The van der Waals surface area contributed by atoms with Crippen molar-refractivity contribution in [1.82, 2.24) is 9.62 Å². The Labute approximate surface area is 162 Å². The molecule has 0 aliphatic carbocycles. The van der Waals surface area contributed by atoms with Crippen LogP contribution in [0.15, 0.2) is 45.9 Å². The van der Waals surface area contributed by atoms with E-state index in [4.69, 9.17) is 27.6 Å². The molecule has 1 aromatic carbocycles. The SMILES string of the molecule is O=C(NCc1ccco1)C1CCN(S(=O)(=O)c2cc(Cl)ccc2Cl)CC1. The van der Waals surface area contributed by atoms with Crippen LogP contribution in [-0.2, 0) is 21.4 Å². The summed E-state index contributed by atoms with van der Waals surface area (Å²) in [5, 5.41) is 3.26. The molecule has 140 valence electrons. The molecule has 1 aromatic heterocycles. The highest BCUT2D eigenvalue weighted by atomic mass is 35.5. The van der Waals surface area contributed by atoms with Gasteiger partial charge in [0.05, 0.1) is 17.8 Å². The van der Waals surface area contributed by atoms with Crippen LogP contribution in [0.2, 0.25) is 10.0 Å². The average Bonchev–Trinajstić information content (AvgIpc) is 3.15. The number of rotatable bonds is 5. The van der Waals surface area contributed by atoms with Crippen LogP contribution >= 0.6 is 23.2 Å². The molecule has 1 aliphatic heterocycles. The smallest absolute Gasteiger partial charge is 0.244 e. The summed E-state index contributed by atoms with van der Waals surface area (Å²) in [5.74, 6) is 0.347. The van der Waals surface area contributed by atoms with Gasteiger partial charge in [0, 0.05) is 24.0 Å². The van der Waals surface area contributed by atoms with Gasteiger partial charge in [0.2, 0.25) is 15.9 Å². The molecule has 9 heteroatoms. The maximum absolute atomic E-state index is 12.8. The molecule has 0 saturated carbocycles. The highest BCUT2D eigenvalue weighted by Gasteiger charge is 2.33. The standard InChI is InChI=1S/C17H18Cl2N2O4S/c18-13-3-4-15(19)16(10-13)26(23,24)21-7-5-12(6-8-21)17(22)20-11-14-2-1-9-25-14/h1-4,9-10,12H,5-8,11H2,(H,20,22). The van der Waals surface area contributed by atoms with Gasteiger partial charge in [-0.05, 0) is 43.2 Å². The minimum Gasteiger partial charge on any atom is -0.467 e. The number of carbonyl (C=O) groups is 1. The molecule has 6 nitrogen and oxygen atoms in total. The van der Waals surface area contributed by atoms with Gasteiger partial charge in [-0.15, -0.1) is 0 Å². The number of hydrogen-bond donors (Lipinski definition) is 1. The number of benzene rings is 1. The Kier molecular flexibility index (Phi) is 5.92. The third kappa shape index (κ3) is 4.23. The van der Waals surface area contributed by atoms with Crippen molar-refractivity contribution >= 4 is 39.1 Å². The molecule has 1 amide bonds. The van der Waals surface area contributed by atoms with Gasteiger partial charge in [0.15, 0.2) is 0 Å². The second-order valence-corrected chi connectivity index (χ2v) is 8.80. The maximum Gasteiger partial charge on any atom is 0.244 e. The van der Waals surface area contributed by atoms with E-state index in [2.05, 4.69) is 5.32 Å². The zero-order valence-electron chi connectivity index (χ0n) is 13.8. The molecule has 1 aliphatic rings. The number of furan rings is 1. The number of halogens is 2. The van der Waals surface area contributed by atoms with E-state index in [9.17, 15) is 13.2 Å². The van der Waals surface area contributed by atoms with Crippen molar-refractivity contribution < 1.29 is 17.6 Å². The summed E-state index contributed by atoms with van der Waals surface area (Å²) < 4.78 is 32.1. The summed E-state index contributed by atoms with van der Waals surface area (Å²) in [7, 11) is -3.74. The zero-order valence-corrected chi connectivity index (χ0v) is 16.1. The second-order valence-electron chi connectivity index (χ2n) is 6.05. The summed E-state index contributed by atoms with van der Waals surface area (Å²) in [6.45, 7) is 0.830. The third-order valence-corrected chi connectivity index (χ3v) is 6.97. The average molecular weight is 417 g/mol. The summed E-state index contributed by atoms with van der Waals surface area (Å²) in [6.07, 6.45) is 2.44. The largest absolute Gasteiger partial charge is 0.467 e. The van der Waals surface area contributed by atoms with Crippen LogP contribution in [0.5, 0.6) is 0 Å². The number of hydrogen-bond acceptors (Lipinski definition) is 4. The lowest BCUT2D eigenvalue weighted by Crippen LogP contribution is -2.42. The maximum atomic E-state index is 12.8. The van der Waals surface area contributed by atoms with Crippen molar-refractivity contribution in [1.29, 1.82) is 0 Å². The molecule has 0 bridgehead atoms. The van der Waals surface area contributed by atoms with E-state index in [0.29, 0.717) is 30.2 Å². The van der Waals surface area contributed by atoms with Gasteiger partial charge in [-0.25, -0.2) is 8.42 Å². The van der Waals surface area contributed by atoms with Gasteiger partial charge >= 0.3 is 0 Å². The van der Waals surface area contributed by atoms with E-state index in [1.54, 1.807) is 24.5 Å². The Morgan fingerprint density at radius 3 is 2.62 bits per heavy atom. The monoisotopic (exact) mass is 416 g/mol. The number of amides is 1. The number of sulfonamides is 1. The summed E-state index contributed by atoms with van der Waals surface area (Å²) in [5.41, 5.74) is 0. The van der Waals surface area contributed by atoms with Crippen molar-refractivity contribution in [3.63, 3.8) is 0 Å². The normalized spacial score (nSPS) is 16.5. The molecule has 0 radical (unpaired) electrons. The minimum absolute atomic E-state index is 0.00705. The number of nitrogens with one attached hydrogen (secondary N) is 1. The highest BCUT2D eigenvalue weighted by molar-refractivity contribution is 7.89. The van der Waals surface area contributed by atoms with Gasteiger partial charge in [-0.1, -0.05) is 23.2 Å². The first kappa shape index (κ1) is 19.2. The molecule has 1 fully saturated rings. The Morgan fingerprint density at radius 1 is 1.23 bits per heavy atom. The van der Waals surface area contributed by atoms with Crippen LogP contribution in [0, 0.1) is 5.92 Å². The van der Waals surface area contributed by atoms with Crippen molar-refractivity contribution in [2.75, 3.05) is 13.1 Å². The molecule has 0 unspecified atom stereocenters. The van der Waals surface area contributed by atoms with E-state index >= 15 is 0 Å². The molecule has 26 heavy (non-hydrogen) atoms. The van der Waals surface area contributed by atoms with Crippen LogP contribution in [-0.4, -0.2) is 31.7 Å². The Morgan fingerprint density at radius 2 is 1.96 bits per heavy atom. The number of nitrogens with zero attached hydrogens (tertiary/aromatic N) is 1. The predicted octanol–water partition coefficient (Wildman–Crippen LogP) is 3.30. The van der Waals surface area contributed by atoms with Crippen LogP contribution in [0.3, 0.4) is 0 Å².